The van der Waals surface area contributed by atoms with Crippen LogP contribution in [0.3, 0.4) is 0 Å². The van der Waals surface area contributed by atoms with Crippen LogP contribution in [0.25, 0.3) is 11.0 Å². The van der Waals surface area contributed by atoms with Crippen LogP contribution in [0.1, 0.15) is 5.56 Å². The second kappa shape index (κ2) is 4.44. The molecule has 2 rings (SSSR count). The topological polar surface area (TPSA) is 60.9 Å². The zero-order valence-corrected chi connectivity index (χ0v) is 10.6. The fourth-order valence-electron chi connectivity index (χ4n) is 1.72. The Kier molecular flexibility index (Phi) is 3.15. The van der Waals surface area contributed by atoms with E-state index in [1.165, 1.54) is 6.07 Å². The predicted octanol–water partition coefficient (Wildman–Crippen LogP) is 1.44. The number of imidazole rings is 1. The minimum atomic E-state index is -0.889. The lowest BCUT2D eigenvalue weighted by molar-refractivity contribution is 0.620. The van der Waals surface area contributed by atoms with Crippen LogP contribution >= 0.6 is 0 Å². The maximum atomic E-state index is 13.4. The summed E-state index contributed by atoms with van der Waals surface area (Å²) in [6.07, 6.45) is 1.64. The molecule has 17 heavy (non-hydrogen) atoms. The number of hydrogen-bond donors (Lipinski definition) is 1. The molecule has 0 saturated heterocycles. The van der Waals surface area contributed by atoms with E-state index < -0.39 is 10.8 Å². The summed E-state index contributed by atoms with van der Waals surface area (Å²) in [7, 11) is -0.889. The molecule has 1 aromatic heterocycles. The lowest BCUT2D eigenvalue weighted by atomic mass is 10.2. The Morgan fingerprint density at radius 3 is 2.88 bits per heavy atom. The summed E-state index contributed by atoms with van der Waals surface area (Å²) in [5.74, 6) is 0.545. The molecule has 0 fully saturated rings. The molecular formula is C11H14FN3OS. The Morgan fingerprint density at radius 2 is 2.24 bits per heavy atom. The van der Waals surface area contributed by atoms with Crippen LogP contribution in [0.2, 0.25) is 0 Å². The van der Waals surface area contributed by atoms with E-state index in [-0.39, 0.29) is 5.82 Å². The molecule has 2 aromatic rings. The van der Waals surface area contributed by atoms with Gasteiger partial charge >= 0.3 is 0 Å². The van der Waals surface area contributed by atoms with Gasteiger partial charge in [-0.05, 0) is 18.6 Å². The first-order valence-corrected chi connectivity index (χ1v) is 6.93. The highest BCUT2D eigenvalue weighted by molar-refractivity contribution is 7.84. The molecular weight excluding hydrogens is 241 g/mol. The van der Waals surface area contributed by atoms with E-state index in [1.54, 1.807) is 23.8 Å². The molecule has 0 amide bonds. The Hall–Kier alpha value is -1.43. The molecule has 0 spiro atoms. The van der Waals surface area contributed by atoms with Gasteiger partial charge in [0.05, 0.1) is 11.0 Å². The summed E-state index contributed by atoms with van der Waals surface area (Å²) < 4.78 is 26.2. The first kappa shape index (κ1) is 12.0. The Balaban J connectivity index is 2.50. The molecule has 0 radical (unpaired) electrons. The number of aryl methyl sites for hydroxylation is 2. The number of benzene rings is 1. The van der Waals surface area contributed by atoms with Crippen LogP contribution < -0.4 is 5.73 Å². The van der Waals surface area contributed by atoms with E-state index in [9.17, 15) is 8.60 Å². The molecule has 0 aliphatic carbocycles. The maximum absolute atomic E-state index is 13.4. The number of aromatic nitrogens is 2. The number of halogens is 1. The van der Waals surface area contributed by atoms with E-state index in [2.05, 4.69) is 4.98 Å². The van der Waals surface area contributed by atoms with Gasteiger partial charge in [0, 0.05) is 35.4 Å². The van der Waals surface area contributed by atoms with Crippen LogP contribution in [-0.4, -0.2) is 25.8 Å². The van der Waals surface area contributed by atoms with E-state index in [4.69, 9.17) is 5.73 Å². The molecule has 92 valence electrons. The Bertz CT molecular complexity index is 594. The van der Waals surface area contributed by atoms with Gasteiger partial charge in [0.1, 0.15) is 5.82 Å². The summed E-state index contributed by atoms with van der Waals surface area (Å²) in [5, 5.41) is 0. The van der Waals surface area contributed by atoms with E-state index in [1.807, 2.05) is 0 Å². The van der Waals surface area contributed by atoms with Crippen LogP contribution in [0.4, 0.5) is 10.3 Å². The van der Waals surface area contributed by atoms with Gasteiger partial charge in [0.2, 0.25) is 5.95 Å². The minimum absolute atomic E-state index is 0.291. The fourth-order valence-corrected chi connectivity index (χ4v) is 2.16. The standard InChI is InChI=1S/C11H14FN3OS/c1-7-5-10-9(6-8(7)12)14-11(13)15(10)3-4-17(2)16/h5-6H,3-4H2,1-2H3,(H2,13,14). The molecule has 6 heteroatoms. The third-order valence-corrected chi connectivity index (χ3v) is 3.42. The van der Waals surface area contributed by atoms with E-state index in [0.717, 1.165) is 5.52 Å². The molecule has 1 unspecified atom stereocenters. The van der Waals surface area contributed by atoms with Crippen LogP contribution in [0.15, 0.2) is 12.1 Å². The maximum Gasteiger partial charge on any atom is 0.201 e. The molecule has 0 aliphatic rings. The molecule has 1 atom stereocenters. The largest absolute Gasteiger partial charge is 0.369 e. The number of rotatable bonds is 3. The number of anilines is 1. The van der Waals surface area contributed by atoms with Crippen molar-refractivity contribution in [2.45, 2.75) is 13.5 Å². The van der Waals surface area contributed by atoms with Gasteiger partial charge < -0.3 is 10.3 Å². The molecule has 0 aliphatic heterocycles. The van der Waals surface area contributed by atoms with E-state index in [0.29, 0.717) is 29.3 Å². The SMILES string of the molecule is Cc1cc2c(cc1F)nc(N)n2CCS(C)=O. The number of fused-ring (bicyclic) bond motifs is 1. The number of nitrogens with two attached hydrogens (primary N) is 1. The molecule has 4 nitrogen and oxygen atoms in total. The second-order valence-electron chi connectivity index (χ2n) is 3.99. The predicted molar refractivity (Wildman–Crippen MR) is 67.8 cm³/mol. The van der Waals surface area contributed by atoms with Crippen molar-refractivity contribution in [1.82, 2.24) is 9.55 Å². The lowest BCUT2D eigenvalue weighted by Crippen LogP contribution is -2.09. The average molecular weight is 255 g/mol. The van der Waals surface area contributed by atoms with Gasteiger partial charge in [-0.2, -0.15) is 0 Å². The van der Waals surface area contributed by atoms with Crippen molar-refractivity contribution in [1.29, 1.82) is 0 Å². The zero-order valence-electron chi connectivity index (χ0n) is 9.74. The van der Waals surface area contributed by atoms with Gasteiger partial charge in [-0.3, -0.25) is 4.21 Å². The summed E-state index contributed by atoms with van der Waals surface area (Å²) >= 11 is 0. The first-order valence-electron chi connectivity index (χ1n) is 5.21. The van der Waals surface area contributed by atoms with Crippen LogP contribution in [-0.2, 0) is 17.3 Å². The molecule has 0 bridgehead atoms. The number of nitrogens with zero attached hydrogens (tertiary/aromatic N) is 2. The normalized spacial score (nSPS) is 13.1. The van der Waals surface area contributed by atoms with Crippen molar-refractivity contribution in [3.05, 3.63) is 23.5 Å². The summed E-state index contributed by atoms with van der Waals surface area (Å²) in [6, 6.07) is 3.09. The Labute approximate surface area is 101 Å². The molecule has 1 aromatic carbocycles. The Morgan fingerprint density at radius 1 is 1.53 bits per heavy atom. The van der Waals surface area contributed by atoms with E-state index >= 15 is 0 Å². The smallest absolute Gasteiger partial charge is 0.201 e. The number of nitrogen functional groups attached to an aromatic ring is 1. The van der Waals surface area contributed by atoms with Gasteiger partial charge in [-0.15, -0.1) is 0 Å². The van der Waals surface area contributed by atoms with Gasteiger partial charge in [-0.25, -0.2) is 9.37 Å². The van der Waals surface area contributed by atoms with Crippen molar-refractivity contribution >= 4 is 27.8 Å². The average Bonchev–Trinajstić information content (AvgIpc) is 2.52. The van der Waals surface area contributed by atoms with Crippen molar-refractivity contribution < 1.29 is 8.60 Å². The van der Waals surface area contributed by atoms with Crippen molar-refractivity contribution in [2.75, 3.05) is 17.7 Å². The van der Waals surface area contributed by atoms with Gasteiger partial charge in [0.25, 0.3) is 0 Å². The molecule has 2 N–H and O–H groups in total. The molecule has 1 heterocycles. The quantitative estimate of drug-likeness (QED) is 0.903. The van der Waals surface area contributed by atoms with Gasteiger partial charge in [-0.1, -0.05) is 0 Å². The highest BCUT2D eigenvalue weighted by Gasteiger charge is 2.11. The molecule has 0 saturated carbocycles. The van der Waals surface area contributed by atoms with Crippen molar-refractivity contribution in [3.63, 3.8) is 0 Å². The fraction of sp³-hybridized carbons (Fsp3) is 0.364. The monoisotopic (exact) mass is 255 g/mol. The first-order chi connectivity index (χ1) is 7.99. The summed E-state index contributed by atoms with van der Waals surface area (Å²) in [6.45, 7) is 2.22. The summed E-state index contributed by atoms with van der Waals surface area (Å²) in [4.78, 5) is 4.09. The third kappa shape index (κ3) is 2.31. The van der Waals surface area contributed by atoms with Crippen molar-refractivity contribution in [3.8, 4) is 0 Å². The van der Waals surface area contributed by atoms with Crippen LogP contribution in [0, 0.1) is 12.7 Å². The van der Waals surface area contributed by atoms with Crippen LogP contribution in [0.5, 0.6) is 0 Å². The highest BCUT2D eigenvalue weighted by atomic mass is 32.2. The minimum Gasteiger partial charge on any atom is -0.369 e. The second-order valence-corrected chi connectivity index (χ2v) is 5.54. The van der Waals surface area contributed by atoms with Crippen molar-refractivity contribution in [2.24, 2.45) is 0 Å². The highest BCUT2D eigenvalue weighted by Crippen LogP contribution is 2.21. The lowest BCUT2D eigenvalue weighted by Gasteiger charge is -2.05. The summed E-state index contributed by atoms with van der Waals surface area (Å²) in [5.41, 5.74) is 7.64. The third-order valence-electron chi connectivity index (χ3n) is 2.66. The van der Waals surface area contributed by atoms with Gasteiger partial charge in [0.15, 0.2) is 0 Å². The zero-order chi connectivity index (χ0) is 12.6. The number of hydrogen-bond acceptors (Lipinski definition) is 3.